The van der Waals surface area contributed by atoms with E-state index in [0.717, 1.165) is 6.42 Å². The van der Waals surface area contributed by atoms with Gasteiger partial charge in [-0.1, -0.05) is 12.1 Å². The van der Waals surface area contributed by atoms with E-state index in [9.17, 15) is 0 Å². The molecule has 0 radical (unpaired) electrons. The van der Waals surface area contributed by atoms with Crippen molar-refractivity contribution in [3.05, 3.63) is 44.0 Å². The van der Waals surface area contributed by atoms with Gasteiger partial charge in [-0.25, -0.2) is 4.98 Å². The number of hydrogen-bond acceptors (Lipinski definition) is 3. The molecule has 0 fully saturated rings. The molecule has 0 saturated heterocycles. The number of hydrogen-bond donors (Lipinski definition) is 1. The number of anilines is 1. The highest BCUT2D eigenvalue weighted by molar-refractivity contribution is 14.1. The molecule has 1 aliphatic rings. The lowest BCUT2D eigenvalue weighted by atomic mass is 9.99. The third-order valence-corrected chi connectivity index (χ3v) is 4.76. The van der Waals surface area contributed by atoms with Gasteiger partial charge in [0.15, 0.2) is 5.13 Å². The number of benzene rings is 1. The molecule has 0 bridgehead atoms. The van der Waals surface area contributed by atoms with Crippen LogP contribution in [0.1, 0.15) is 28.5 Å². The Morgan fingerprint density at radius 1 is 1.31 bits per heavy atom. The summed E-state index contributed by atoms with van der Waals surface area (Å²) < 4.78 is 1.28. The highest BCUT2D eigenvalue weighted by Gasteiger charge is 2.27. The number of nitrogens with zero attached hydrogens (tertiary/aromatic N) is 1. The van der Waals surface area contributed by atoms with E-state index >= 15 is 0 Å². The number of fused-ring (bicyclic) bond motifs is 1. The van der Waals surface area contributed by atoms with Crippen LogP contribution >= 0.6 is 33.9 Å². The fraction of sp³-hybridized carbons (Fsp3) is 0.250. The summed E-state index contributed by atoms with van der Waals surface area (Å²) in [6.45, 7) is 0. The van der Waals surface area contributed by atoms with Crippen LogP contribution in [0.15, 0.2) is 24.3 Å². The molecule has 3 rings (SSSR count). The number of aromatic nitrogens is 1. The summed E-state index contributed by atoms with van der Waals surface area (Å²) in [5, 5.41) is 0.709. The Bertz CT molecular complexity index is 518. The third kappa shape index (κ3) is 1.73. The molecule has 1 aromatic heterocycles. The minimum absolute atomic E-state index is 0.516. The van der Waals surface area contributed by atoms with Gasteiger partial charge in [-0.05, 0) is 53.1 Å². The van der Waals surface area contributed by atoms with Gasteiger partial charge >= 0.3 is 0 Å². The zero-order valence-corrected chi connectivity index (χ0v) is 11.6. The number of rotatable bonds is 1. The predicted octanol–water partition coefficient (Wildman–Crippen LogP) is 3.41. The maximum atomic E-state index is 5.76. The number of halogens is 1. The van der Waals surface area contributed by atoms with Crippen LogP contribution in [0, 0.1) is 3.57 Å². The van der Waals surface area contributed by atoms with Crippen LogP contribution in [0.2, 0.25) is 0 Å². The van der Waals surface area contributed by atoms with Crippen molar-refractivity contribution in [2.75, 3.05) is 5.73 Å². The summed E-state index contributed by atoms with van der Waals surface area (Å²) >= 11 is 3.98. The lowest BCUT2D eigenvalue weighted by Crippen LogP contribution is -1.94. The molecule has 1 aliphatic carbocycles. The first-order valence-electron chi connectivity index (χ1n) is 5.24. The monoisotopic (exact) mass is 342 g/mol. The molecule has 4 heteroatoms. The van der Waals surface area contributed by atoms with Gasteiger partial charge in [0.2, 0.25) is 0 Å². The van der Waals surface area contributed by atoms with Gasteiger partial charge in [-0.15, -0.1) is 11.3 Å². The molecule has 82 valence electrons. The van der Waals surface area contributed by atoms with Gasteiger partial charge in [0.25, 0.3) is 0 Å². The largest absolute Gasteiger partial charge is 0.375 e. The van der Waals surface area contributed by atoms with E-state index in [1.165, 1.54) is 26.1 Å². The summed E-state index contributed by atoms with van der Waals surface area (Å²) in [6.07, 6.45) is 2.24. The standard InChI is InChI=1S/C12H11IN2S/c13-8-3-1-7(2-4-8)9-5-6-10-11(9)16-12(14)15-10/h1-4,9H,5-6H2,(H2,14,15). The second kappa shape index (κ2) is 4.00. The Morgan fingerprint density at radius 2 is 2.06 bits per heavy atom. The van der Waals surface area contributed by atoms with Gasteiger partial charge < -0.3 is 5.73 Å². The van der Waals surface area contributed by atoms with E-state index in [1.54, 1.807) is 11.3 Å². The van der Waals surface area contributed by atoms with Crippen LogP contribution in [-0.4, -0.2) is 4.98 Å². The zero-order chi connectivity index (χ0) is 11.1. The van der Waals surface area contributed by atoms with Crippen molar-refractivity contribution >= 4 is 39.1 Å². The van der Waals surface area contributed by atoms with Gasteiger partial charge in [0, 0.05) is 14.4 Å². The number of thiazole rings is 1. The Morgan fingerprint density at radius 3 is 2.81 bits per heavy atom. The molecule has 1 atom stereocenters. The molecular formula is C12H11IN2S. The highest BCUT2D eigenvalue weighted by Crippen LogP contribution is 2.42. The maximum absolute atomic E-state index is 5.76. The normalized spacial score (nSPS) is 18.7. The molecule has 1 aromatic carbocycles. The zero-order valence-electron chi connectivity index (χ0n) is 8.61. The molecule has 1 heterocycles. The summed E-state index contributed by atoms with van der Waals surface area (Å²) in [6, 6.07) is 8.77. The third-order valence-electron chi connectivity index (χ3n) is 3.00. The Hall–Kier alpha value is -0.620. The molecule has 1 unspecified atom stereocenters. The van der Waals surface area contributed by atoms with E-state index in [0.29, 0.717) is 11.0 Å². The van der Waals surface area contributed by atoms with Gasteiger partial charge in [0.05, 0.1) is 5.69 Å². The van der Waals surface area contributed by atoms with Gasteiger partial charge in [-0.3, -0.25) is 0 Å². The first kappa shape index (κ1) is 10.5. The number of nitrogen functional groups attached to an aromatic ring is 1. The molecule has 0 amide bonds. The minimum Gasteiger partial charge on any atom is -0.375 e. The summed E-state index contributed by atoms with van der Waals surface area (Å²) in [5.74, 6) is 0.516. The van der Waals surface area contributed by atoms with Crippen molar-refractivity contribution in [3.8, 4) is 0 Å². The molecule has 2 nitrogen and oxygen atoms in total. The van der Waals surface area contributed by atoms with E-state index < -0.39 is 0 Å². The Labute approximate surface area is 112 Å². The Kier molecular flexibility index (Phi) is 2.63. The van der Waals surface area contributed by atoms with E-state index in [4.69, 9.17) is 5.73 Å². The molecular weight excluding hydrogens is 331 g/mol. The highest BCUT2D eigenvalue weighted by atomic mass is 127. The second-order valence-electron chi connectivity index (χ2n) is 4.01. The number of aryl methyl sites for hydroxylation is 1. The lowest BCUT2D eigenvalue weighted by molar-refractivity contribution is 0.790. The molecule has 0 spiro atoms. The first-order valence-corrected chi connectivity index (χ1v) is 7.14. The van der Waals surface area contributed by atoms with Crippen LogP contribution in [0.4, 0.5) is 5.13 Å². The fourth-order valence-electron chi connectivity index (χ4n) is 2.26. The van der Waals surface area contributed by atoms with Gasteiger partial charge in [0.1, 0.15) is 0 Å². The molecule has 0 aliphatic heterocycles. The van der Waals surface area contributed by atoms with E-state index in [-0.39, 0.29) is 0 Å². The maximum Gasteiger partial charge on any atom is 0.180 e. The van der Waals surface area contributed by atoms with Crippen molar-refractivity contribution < 1.29 is 0 Å². The van der Waals surface area contributed by atoms with E-state index in [1.807, 2.05) is 0 Å². The molecule has 0 saturated carbocycles. The summed E-state index contributed by atoms with van der Waals surface area (Å²) in [4.78, 5) is 5.75. The van der Waals surface area contributed by atoms with E-state index in [2.05, 4.69) is 51.8 Å². The van der Waals surface area contributed by atoms with Crippen LogP contribution in [0.5, 0.6) is 0 Å². The first-order chi connectivity index (χ1) is 7.74. The SMILES string of the molecule is Nc1nc2c(s1)C(c1ccc(I)cc1)CC2. The smallest absolute Gasteiger partial charge is 0.180 e. The van der Waals surface area contributed by atoms with Crippen LogP contribution < -0.4 is 5.73 Å². The molecule has 2 aromatic rings. The van der Waals surface area contributed by atoms with Gasteiger partial charge in [-0.2, -0.15) is 0 Å². The van der Waals surface area contributed by atoms with Crippen molar-refractivity contribution in [2.45, 2.75) is 18.8 Å². The van der Waals surface area contributed by atoms with Crippen molar-refractivity contribution in [2.24, 2.45) is 0 Å². The Balaban J connectivity index is 2.00. The van der Waals surface area contributed by atoms with Crippen molar-refractivity contribution in [1.82, 2.24) is 4.98 Å². The lowest BCUT2D eigenvalue weighted by Gasteiger charge is -2.09. The number of nitrogens with two attached hydrogens (primary N) is 1. The topological polar surface area (TPSA) is 38.9 Å². The molecule has 16 heavy (non-hydrogen) atoms. The second-order valence-corrected chi connectivity index (χ2v) is 6.31. The molecule has 2 N–H and O–H groups in total. The quantitative estimate of drug-likeness (QED) is 0.807. The summed E-state index contributed by atoms with van der Waals surface area (Å²) in [7, 11) is 0. The van der Waals surface area contributed by atoms with Crippen molar-refractivity contribution in [3.63, 3.8) is 0 Å². The van der Waals surface area contributed by atoms with Crippen LogP contribution in [0.25, 0.3) is 0 Å². The predicted molar refractivity (Wildman–Crippen MR) is 75.8 cm³/mol. The summed E-state index contributed by atoms with van der Waals surface area (Å²) in [5.41, 5.74) is 8.36. The fourth-order valence-corrected chi connectivity index (χ4v) is 3.66. The minimum atomic E-state index is 0.516. The van der Waals surface area contributed by atoms with Crippen molar-refractivity contribution in [1.29, 1.82) is 0 Å². The average Bonchev–Trinajstić information content (AvgIpc) is 2.78. The average molecular weight is 342 g/mol. The van der Waals surface area contributed by atoms with Crippen LogP contribution in [-0.2, 0) is 6.42 Å². The van der Waals surface area contributed by atoms with Crippen LogP contribution in [0.3, 0.4) is 0 Å².